The summed E-state index contributed by atoms with van der Waals surface area (Å²) in [7, 11) is 0. The molecule has 1 fully saturated rings. The number of hydrogen-bond acceptors (Lipinski definition) is 2. The lowest BCUT2D eigenvalue weighted by Gasteiger charge is -2.39. The molecule has 0 aromatic heterocycles. The number of rotatable bonds is 2. The molecule has 1 unspecified atom stereocenters. The topological polar surface area (TPSA) is 15.3 Å². The first kappa shape index (κ1) is 8.27. The van der Waals surface area contributed by atoms with Crippen molar-refractivity contribution in [2.75, 3.05) is 26.2 Å². The van der Waals surface area contributed by atoms with E-state index in [-0.39, 0.29) is 0 Å². The molecule has 2 heterocycles. The van der Waals surface area contributed by atoms with E-state index in [1.165, 1.54) is 32.5 Å². The van der Waals surface area contributed by atoms with Crippen LogP contribution in [0.2, 0.25) is 0 Å². The zero-order valence-corrected chi connectivity index (χ0v) is 7.84. The summed E-state index contributed by atoms with van der Waals surface area (Å²) in [6.07, 6.45) is 5.00. The van der Waals surface area contributed by atoms with E-state index in [1.807, 2.05) is 0 Å². The van der Waals surface area contributed by atoms with Crippen LogP contribution in [0.4, 0.5) is 0 Å². The summed E-state index contributed by atoms with van der Waals surface area (Å²) in [6.45, 7) is 7.12. The van der Waals surface area contributed by atoms with Gasteiger partial charge in [0.1, 0.15) is 0 Å². The minimum Gasteiger partial charge on any atom is -0.313 e. The standard InChI is InChI=1S/C10H18N2/c1-9-4-7-12(9)8-10-2-5-11-6-3-10/h2,9,11H,3-8H2,1H3. The van der Waals surface area contributed by atoms with Gasteiger partial charge in [-0.2, -0.15) is 0 Å². The molecule has 1 atom stereocenters. The highest BCUT2D eigenvalue weighted by molar-refractivity contribution is 5.10. The molecule has 68 valence electrons. The van der Waals surface area contributed by atoms with E-state index in [1.54, 1.807) is 5.57 Å². The molecule has 0 aromatic rings. The normalized spacial score (nSPS) is 31.1. The maximum atomic E-state index is 3.34. The first-order valence-corrected chi connectivity index (χ1v) is 4.99. The van der Waals surface area contributed by atoms with Crippen LogP contribution in [0.25, 0.3) is 0 Å². The van der Waals surface area contributed by atoms with Crippen molar-refractivity contribution >= 4 is 0 Å². The molecule has 0 bridgehead atoms. The molecule has 0 aliphatic carbocycles. The lowest BCUT2D eigenvalue weighted by atomic mass is 10.0. The van der Waals surface area contributed by atoms with Crippen molar-refractivity contribution in [3.63, 3.8) is 0 Å². The second-order valence-electron chi connectivity index (χ2n) is 3.92. The van der Waals surface area contributed by atoms with Crippen molar-refractivity contribution in [1.29, 1.82) is 0 Å². The molecule has 2 aliphatic rings. The van der Waals surface area contributed by atoms with Crippen LogP contribution in [0.3, 0.4) is 0 Å². The van der Waals surface area contributed by atoms with E-state index < -0.39 is 0 Å². The lowest BCUT2D eigenvalue weighted by molar-refractivity contribution is 0.116. The maximum Gasteiger partial charge on any atom is 0.0196 e. The summed E-state index contributed by atoms with van der Waals surface area (Å²) in [5, 5.41) is 3.34. The Morgan fingerprint density at radius 1 is 1.67 bits per heavy atom. The van der Waals surface area contributed by atoms with Gasteiger partial charge in [-0.25, -0.2) is 0 Å². The fourth-order valence-corrected chi connectivity index (χ4v) is 1.88. The van der Waals surface area contributed by atoms with Crippen LogP contribution in [-0.2, 0) is 0 Å². The van der Waals surface area contributed by atoms with Gasteiger partial charge >= 0.3 is 0 Å². The highest BCUT2D eigenvalue weighted by Gasteiger charge is 2.23. The van der Waals surface area contributed by atoms with Crippen molar-refractivity contribution in [2.45, 2.75) is 25.8 Å². The van der Waals surface area contributed by atoms with Crippen LogP contribution < -0.4 is 5.32 Å². The summed E-state index contributed by atoms with van der Waals surface area (Å²) in [4.78, 5) is 2.57. The number of hydrogen-bond donors (Lipinski definition) is 1. The molecule has 0 spiro atoms. The highest BCUT2D eigenvalue weighted by Crippen LogP contribution is 2.19. The van der Waals surface area contributed by atoms with Crippen molar-refractivity contribution in [3.8, 4) is 0 Å². The Bertz CT molecular complexity index is 186. The van der Waals surface area contributed by atoms with Crippen LogP contribution >= 0.6 is 0 Å². The third-order valence-corrected chi connectivity index (χ3v) is 3.02. The summed E-state index contributed by atoms with van der Waals surface area (Å²) >= 11 is 0. The van der Waals surface area contributed by atoms with Crippen molar-refractivity contribution < 1.29 is 0 Å². The summed E-state index contributed by atoms with van der Waals surface area (Å²) in [5.41, 5.74) is 1.64. The van der Waals surface area contributed by atoms with Crippen molar-refractivity contribution in [3.05, 3.63) is 11.6 Å². The van der Waals surface area contributed by atoms with Gasteiger partial charge in [0.05, 0.1) is 0 Å². The zero-order valence-electron chi connectivity index (χ0n) is 7.84. The molecule has 2 rings (SSSR count). The van der Waals surface area contributed by atoms with Gasteiger partial charge < -0.3 is 5.32 Å². The third kappa shape index (κ3) is 1.70. The Kier molecular flexibility index (Phi) is 2.47. The minimum atomic E-state index is 0.834. The van der Waals surface area contributed by atoms with E-state index in [0.717, 1.165) is 12.6 Å². The van der Waals surface area contributed by atoms with E-state index in [4.69, 9.17) is 0 Å². The van der Waals surface area contributed by atoms with Gasteiger partial charge in [-0.1, -0.05) is 11.6 Å². The molecule has 1 N–H and O–H groups in total. The van der Waals surface area contributed by atoms with Gasteiger partial charge in [-0.15, -0.1) is 0 Å². The zero-order chi connectivity index (χ0) is 8.39. The monoisotopic (exact) mass is 166 g/mol. The van der Waals surface area contributed by atoms with Gasteiger partial charge in [-0.3, -0.25) is 4.90 Å². The smallest absolute Gasteiger partial charge is 0.0196 e. The summed E-state index contributed by atoms with van der Waals surface area (Å²) in [6, 6.07) is 0.834. The number of nitrogens with one attached hydrogen (secondary N) is 1. The van der Waals surface area contributed by atoms with Gasteiger partial charge in [-0.05, 0) is 26.3 Å². The average molecular weight is 166 g/mol. The predicted molar refractivity (Wildman–Crippen MR) is 51.2 cm³/mol. The second-order valence-corrected chi connectivity index (χ2v) is 3.92. The summed E-state index contributed by atoms with van der Waals surface area (Å²) in [5.74, 6) is 0. The molecule has 0 saturated carbocycles. The second kappa shape index (κ2) is 3.58. The average Bonchev–Trinajstić information content (AvgIpc) is 2.14. The van der Waals surface area contributed by atoms with Gasteiger partial charge in [0.15, 0.2) is 0 Å². The Morgan fingerprint density at radius 2 is 2.58 bits per heavy atom. The largest absolute Gasteiger partial charge is 0.313 e. The summed E-state index contributed by atoms with van der Waals surface area (Å²) < 4.78 is 0. The van der Waals surface area contributed by atoms with Gasteiger partial charge in [0.2, 0.25) is 0 Å². The van der Waals surface area contributed by atoms with Crippen LogP contribution in [0.1, 0.15) is 19.8 Å². The van der Waals surface area contributed by atoms with Crippen LogP contribution in [0.15, 0.2) is 11.6 Å². The molecule has 0 aromatic carbocycles. The number of likely N-dealkylation sites (tertiary alicyclic amines) is 1. The van der Waals surface area contributed by atoms with Gasteiger partial charge in [0.25, 0.3) is 0 Å². The molecule has 0 radical (unpaired) electrons. The highest BCUT2D eigenvalue weighted by atomic mass is 15.2. The van der Waals surface area contributed by atoms with E-state index in [9.17, 15) is 0 Å². The van der Waals surface area contributed by atoms with Crippen molar-refractivity contribution in [1.82, 2.24) is 10.2 Å². The Hall–Kier alpha value is -0.340. The first-order chi connectivity index (χ1) is 5.86. The van der Waals surface area contributed by atoms with Crippen LogP contribution in [0, 0.1) is 0 Å². The number of nitrogens with zero attached hydrogens (tertiary/aromatic N) is 1. The van der Waals surface area contributed by atoms with Crippen LogP contribution in [0.5, 0.6) is 0 Å². The molecular weight excluding hydrogens is 148 g/mol. The Morgan fingerprint density at radius 3 is 3.08 bits per heavy atom. The van der Waals surface area contributed by atoms with Crippen molar-refractivity contribution in [2.24, 2.45) is 0 Å². The molecular formula is C10H18N2. The fraction of sp³-hybridized carbons (Fsp3) is 0.800. The maximum absolute atomic E-state index is 3.34. The quantitative estimate of drug-likeness (QED) is 0.616. The van der Waals surface area contributed by atoms with E-state index in [0.29, 0.717) is 0 Å². The molecule has 2 nitrogen and oxygen atoms in total. The molecule has 2 heteroatoms. The Balaban J connectivity index is 1.81. The molecule has 0 amide bonds. The van der Waals surface area contributed by atoms with E-state index in [2.05, 4.69) is 23.2 Å². The Labute approximate surface area is 74.6 Å². The molecule has 1 saturated heterocycles. The van der Waals surface area contributed by atoms with E-state index >= 15 is 0 Å². The third-order valence-electron chi connectivity index (χ3n) is 3.02. The minimum absolute atomic E-state index is 0.834. The van der Waals surface area contributed by atoms with Gasteiger partial charge in [0, 0.05) is 25.7 Å². The molecule has 2 aliphatic heterocycles. The predicted octanol–water partition coefficient (Wildman–Crippen LogP) is 1.00. The molecule has 12 heavy (non-hydrogen) atoms. The fourth-order valence-electron chi connectivity index (χ4n) is 1.88. The SMILES string of the molecule is CC1CCN1CC1=CCNCC1. The first-order valence-electron chi connectivity index (χ1n) is 4.99. The lowest BCUT2D eigenvalue weighted by Crippen LogP contribution is -2.46. The van der Waals surface area contributed by atoms with Crippen LogP contribution in [-0.4, -0.2) is 37.1 Å².